The first-order valence-electron chi connectivity index (χ1n) is 7.56. The summed E-state index contributed by atoms with van der Waals surface area (Å²) in [4.78, 5) is 26.6. The summed E-state index contributed by atoms with van der Waals surface area (Å²) in [6, 6.07) is 8.06. The smallest absolute Gasteiger partial charge is 0.248 e. The predicted molar refractivity (Wildman–Crippen MR) is 82.8 cm³/mol. The molecule has 1 aliphatic rings. The molecule has 1 N–H and O–H groups in total. The van der Waals surface area contributed by atoms with Crippen molar-refractivity contribution in [3.8, 4) is 0 Å². The van der Waals surface area contributed by atoms with Crippen molar-refractivity contribution in [2.24, 2.45) is 0 Å². The van der Waals surface area contributed by atoms with Gasteiger partial charge in [-0.15, -0.1) is 0 Å². The van der Waals surface area contributed by atoms with Gasteiger partial charge in [0.1, 0.15) is 5.54 Å². The molecule has 0 saturated carbocycles. The lowest BCUT2D eigenvalue weighted by atomic mass is 9.94. The summed E-state index contributed by atoms with van der Waals surface area (Å²) in [5.41, 5.74) is 1.50. The number of carbonyl (C=O) groups is 2. The molecule has 0 aromatic heterocycles. The van der Waals surface area contributed by atoms with E-state index in [2.05, 4.69) is 24.4 Å². The van der Waals surface area contributed by atoms with Crippen molar-refractivity contribution in [1.82, 2.24) is 10.2 Å². The lowest BCUT2D eigenvalue weighted by Crippen LogP contribution is -2.55. The maximum atomic E-state index is 12.9. The normalized spacial score (nSPS) is 24.5. The minimum atomic E-state index is -0.801. The molecule has 114 valence electrons. The van der Waals surface area contributed by atoms with Crippen molar-refractivity contribution in [2.45, 2.75) is 52.1 Å². The van der Waals surface area contributed by atoms with E-state index >= 15 is 0 Å². The second-order valence-electron chi connectivity index (χ2n) is 6.01. The van der Waals surface area contributed by atoms with E-state index in [1.807, 2.05) is 37.8 Å². The average molecular weight is 288 g/mol. The molecule has 0 radical (unpaired) electrons. The molecule has 0 bridgehead atoms. The zero-order chi connectivity index (χ0) is 15.6. The van der Waals surface area contributed by atoms with Crippen LogP contribution in [0.5, 0.6) is 0 Å². The standard InChI is InChI=1S/C17H24N2O2/c1-5-17(4)16(21)19(11-10-15(20)18-17)13(3)14-9-7-6-8-12(14)2/h6-9,13H,5,10-11H2,1-4H3,(H,18,20). The molecular weight excluding hydrogens is 264 g/mol. The molecule has 0 aliphatic carbocycles. The highest BCUT2D eigenvalue weighted by Gasteiger charge is 2.40. The van der Waals surface area contributed by atoms with E-state index in [4.69, 9.17) is 0 Å². The average Bonchev–Trinajstić information content (AvgIpc) is 2.57. The SMILES string of the molecule is CCC1(C)NC(=O)CCN(C(C)c2ccccc2C)C1=O. The summed E-state index contributed by atoms with van der Waals surface area (Å²) in [6.45, 7) is 8.30. The lowest BCUT2D eigenvalue weighted by molar-refractivity contribution is -0.140. The minimum absolute atomic E-state index is 0.00611. The number of hydrogen-bond acceptors (Lipinski definition) is 2. The molecule has 1 aromatic rings. The van der Waals surface area contributed by atoms with Crippen LogP contribution in [0.15, 0.2) is 24.3 Å². The molecule has 2 rings (SSSR count). The van der Waals surface area contributed by atoms with Crippen LogP contribution in [0.2, 0.25) is 0 Å². The maximum absolute atomic E-state index is 12.9. The van der Waals surface area contributed by atoms with E-state index in [1.165, 1.54) is 5.56 Å². The van der Waals surface area contributed by atoms with Crippen molar-refractivity contribution in [1.29, 1.82) is 0 Å². The third kappa shape index (κ3) is 2.94. The Morgan fingerprint density at radius 2 is 2.00 bits per heavy atom. The van der Waals surface area contributed by atoms with Gasteiger partial charge in [-0.25, -0.2) is 0 Å². The van der Waals surface area contributed by atoms with Gasteiger partial charge in [-0.2, -0.15) is 0 Å². The largest absolute Gasteiger partial charge is 0.342 e. The van der Waals surface area contributed by atoms with Crippen molar-refractivity contribution in [3.05, 3.63) is 35.4 Å². The molecule has 0 spiro atoms. The van der Waals surface area contributed by atoms with Gasteiger partial charge in [-0.1, -0.05) is 31.2 Å². The minimum Gasteiger partial charge on any atom is -0.342 e. The van der Waals surface area contributed by atoms with Crippen LogP contribution in [0.4, 0.5) is 0 Å². The van der Waals surface area contributed by atoms with Crippen molar-refractivity contribution in [2.75, 3.05) is 6.54 Å². The first-order valence-corrected chi connectivity index (χ1v) is 7.56. The maximum Gasteiger partial charge on any atom is 0.248 e. The number of rotatable bonds is 3. The van der Waals surface area contributed by atoms with E-state index in [0.29, 0.717) is 19.4 Å². The van der Waals surface area contributed by atoms with Crippen LogP contribution in [0.3, 0.4) is 0 Å². The van der Waals surface area contributed by atoms with Gasteiger partial charge in [0, 0.05) is 13.0 Å². The Labute approximate surface area is 126 Å². The number of carbonyl (C=O) groups excluding carboxylic acids is 2. The fourth-order valence-electron chi connectivity index (χ4n) is 2.90. The topological polar surface area (TPSA) is 49.4 Å². The summed E-state index contributed by atoms with van der Waals surface area (Å²) in [6.07, 6.45) is 0.951. The van der Waals surface area contributed by atoms with E-state index in [1.54, 1.807) is 0 Å². The van der Waals surface area contributed by atoms with Crippen molar-refractivity contribution >= 4 is 11.8 Å². The van der Waals surface area contributed by atoms with Gasteiger partial charge in [0.05, 0.1) is 6.04 Å². The molecule has 21 heavy (non-hydrogen) atoms. The zero-order valence-corrected chi connectivity index (χ0v) is 13.3. The van der Waals surface area contributed by atoms with Crippen LogP contribution in [-0.2, 0) is 9.59 Å². The Hall–Kier alpha value is -1.84. The predicted octanol–water partition coefficient (Wildman–Crippen LogP) is 2.57. The molecule has 1 aromatic carbocycles. The lowest BCUT2D eigenvalue weighted by Gasteiger charge is -2.35. The van der Waals surface area contributed by atoms with Gasteiger partial charge >= 0.3 is 0 Å². The van der Waals surface area contributed by atoms with E-state index in [-0.39, 0.29) is 17.9 Å². The number of nitrogens with zero attached hydrogens (tertiary/aromatic N) is 1. The number of amides is 2. The third-order valence-corrected chi connectivity index (χ3v) is 4.54. The Balaban J connectivity index is 2.35. The van der Waals surface area contributed by atoms with Crippen LogP contribution in [0, 0.1) is 6.92 Å². The monoisotopic (exact) mass is 288 g/mol. The number of aryl methyl sites for hydroxylation is 1. The Bertz CT molecular complexity index is 555. The number of hydrogen-bond donors (Lipinski definition) is 1. The van der Waals surface area contributed by atoms with Gasteiger partial charge in [0.25, 0.3) is 0 Å². The fourth-order valence-corrected chi connectivity index (χ4v) is 2.90. The first kappa shape index (κ1) is 15.5. The Morgan fingerprint density at radius 3 is 2.62 bits per heavy atom. The highest BCUT2D eigenvalue weighted by molar-refractivity contribution is 5.93. The van der Waals surface area contributed by atoms with Crippen molar-refractivity contribution < 1.29 is 9.59 Å². The van der Waals surface area contributed by atoms with E-state index in [0.717, 1.165) is 5.56 Å². The van der Waals surface area contributed by atoms with Gasteiger partial charge in [0.2, 0.25) is 11.8 Å². The van der Waals surface area contributed by atoms with Crippen LogP contribution in [0.25, 0.3) is 0 Å². The summed E-state index contributed by atoms with van der Waals surface area (Å²) in [5.74, 6) is -0.0428. The molecule has 2 amide bonds. The quantitative estimate of drug-likeness (QED) is 0.929. The molecule has 4 heteroatoms. The van der Waals surface area contributed by atoms with Crippen LogP contribution >= 0.6 is 0 Å². The van der Waals surface area contributed by atoms with E-state index in [9.17, 15) is 9.59 Å². The summed E-state index contributed by atoms with van der Waals surface area (Å²) < 4.78 is 0. The van der Waals surface area contributed by atoms with Crippen LogP contribution < -0.4 is 5.32 Å². The number of benzene rings is 1. The Morgan fingerprint density at radius 1 is 1.33 bits per heavy atom. The highest BCUT2D eigenvalue weighted by Crippen LogP contribution is 2.28. The van der Waals surface area contributed by atoms with E-state index < -0.39 is 5.54 Å². The first-order chi connectivity index (χ1) is 9.89. The molecule has 1 aliphatic heterocycles. The summed E-state index contributed by atoms with van der Waals surface area (Å²) >= 11 is 0. The fraction of sp³-hybridized carbons (Fsp3) is 0.529. The summed E-state index contributed by atoms with van der Waals surface area (Å²) in [5, 5.41) is 2.88. The zero-order valence-electron chi connectivity index (χ0n) is 13.3. The second-order valence-corrected chi connectivity index (χ2v) is 6.01. The molecule has 2 unspecified atom stereocenters. The molecular formula is C17H24N2O2. The van der Waals surface area contributed by atoms with Gasteiger partial charge in [-0.05, 0) is 38.3 Å². The molecule has 1 heterocycles. The highest BCUT2D eigenvalue weighted by atomic mass is 16.2. The van der Waals surface area contributed by atoms with Gasteiger partial charge in [-0.3, -0.25) is 9.59 Å². The molecule has 1 fully saturated rings. The van der Waals surface area contributed by atoms with Crippen LogP contribution in [-0.4, -0.2) is 28.8 Å². The van der Waals surface area contributed by atoms with Crippen LogP contribution in [0.1, 0.15) is 50.8 Å². The second kappa shape index (κ2) is 5.88. The molecule has 1 saturated heterocycles. The van der Waals surface area contributed by atoms with Gasteiger partial charge < -0.3 is 10.2 Å². The van der Waals surface area contributed by atoms with Crippen molar-refractivity contribution in [3.63, 3.8) is 0 Å². The third-order valence-electron chi connectivity index (χ3n) is 4.54. The summed E-state index contributed by atoms with van der Waals surface area (Å²) in [7, 11) is 0. The molecule has 4 nitrogen and oxygen atoms in total. The Kier molecular flexibility index (Phi) is 4.35. The number of nitrogens with one attached hydrogen (secondary N) is 1. The molecule has 2 atom stereocenters. The van der Waals surface area contributed by atoms with Gasteiger partial charge in [0.15, 0.2) is 0 Å².